The van der Waals surface area contributed by atoms with Gasteiger partial charge in [-0.2, -0.15) is 0 Å². The van der Waals surface area contributed by atoms with Crippen LogP contribution in [0.25, 0.3) is 0 Å². The summed E-state index contributed by atoms with van der Waals surface area (Å²) in [4.78, 5) is 37.8. The number of fused-ring (bicyclic) bond motifs is 1. The minimum Gasteiger partial charge on any atom is -0.477 e. The Kier molecular flexibility index (Phi) is 6.04. The molecule has 3 aliphatic rings. The van der Waals surface area contributed by atoms with Gasteiger partial charge in [0.2, 0.25) is 11.8 Å². The molecule has 0 bridgehead atoms. The second kappa shape index (κ2) is 8.02. The number of amides is 2. The van der Waals surface area contributed by atoms with Crippen LogP contribution < -0.4 is 11.1 Å². The summed E-state index contributed by atoms with van der Waals surface area (Å²) in [7, 11) is 0. The number of ether oxygens (including phenoxy) is 1. The van der Waals surface area contributed by atoms with Gasteiger partial charge in [-0.1, -0.05) is 6.92 Å². The maximum Gasteiger partial charge on any atom is 0.353 e. The highest BCUT2D eigenvalue weighted by atomic mass is 32.2. The van der Waals surface area contributed by atoms with Crippen molar-refractivity contribution in [2.45, 2.75) is 56.7 Å². The molecule has 9 nitrogen and oxygen atoms in total. The van der Waals surface area contributed by atoms with Gasteiger partial charge in [-0.25, -0.2) is 4.79 Å². The summed E-state index contributed by atoms with van der Waals surface area (Å²) in [6, 6.07) is -0.900. The van der Waals surface area contributed by atoms with Gasteiger partial charge in [0.1, 0.15) is 5.70 Å². The van der Waals surface area contributed by atoms with Gasteiger partial charge >= 0.3 is 5.97 Å². The maximum atomic E-state index is 12.4. The topological polar surface area (TPSA) is 142 Å². The normalized spacial score (nSPS) is 34.1. The zero-order valence-corrected chi connectivity index (χ0v) is 16.9. The van der Waals surface area contributed by atoms with E-state index in [1.165, 1.54) is 16.7 Å². The van der Waals surface area contributed by atoms with Crippen LogP contribution in [0.1, 0.15) is 27.2 Å². The number of carbonyl (C=O) groups excluding carboxylic acids is 2. The summed E-state index contributed by atoms with van der Waals surface area (Å²) >= 11 is 1.43. The van der Waals surface area contributed by atoms with E-state index in [1.807, 2.05) is 6.92 Å². The third-order valence-corrected chi connectivity index (χ3v) is 7.05. The standard InChI is InChI=1S/C18H27N3O6S/c1-7-13-12(9(3)22)17(24)21(13)14(18(25)26)15(7)28-11-4-10(27-6-11)5-20-16(23)8(2)19/h7-13,22H,4-6,19H2,1-3H3,(H,20,23)(H,25,26)/t7-,8-,9-,10+,11+,12-,13?/m1/s1. The molecule has 0 saturated carbocycles. The Morgan fingerprint density at radius 2 is 2.11 bits per heavy atom. The van der Waals surface area contributed by atoms with Gasteiger partial charge in [0.15, 0.2) is 0 Å². The molecule has 0 aromatic rings. The average molecular weight is 413 g/mol. The lowest BCUT2D eigenvalue weighted by Gasteiger charge is -2.46. The van der Waals surface area contributed by atoms with Gasteiger partial charge < -0.3 is 30.9 Å². The first-order valence-electron chi connectivity index (χ1n) is 9.43. The number of carbonyl (C=O) groups is 3. The molecule has 0 spiro atoms. The van der Waals surface area contributed by atoms with Crippen molar-refractivity contribution < 1.29 is 29.3 Å². The van der Waals surface area contributed by atoms with Gasteiger partial charge in [-0.05, 0) is 20.3 Å². The predicted octanol–water partition coefficient (Wildman–Crippen LogP) is -0.506. The monoisotopic (exact) mass is 413 g/mol. The van der Waals surface area contributed by atoms with Crippen molar-refractivity contribution in [3.63, 3.8) is 0 Å². The molecule has 0 radical (unpaired) electrons. The lowest BCUT2D eigenvalue weighted by molar-refractivity contribution is -0.163. The molecule has 156 valence electrons. The molecule has 2 saturated heterocycles. The van der Waals surface area contributed by atoms with Crippen LogP contribution in [0, 0.1) is 11.8 Å². The van der Waals surface area contributed by atoms with E-state index in [-0.39, 0.29) is 40.8 Å². The van der Waals surface area contributed by atoms with Crippen LogP contribution in [0.4, 0.5) is 0 Å². The summed E-state index contributed by atoms with van der Waals surface area (Å²) in [5.74, 6) is -2.44. The molecule has 10 heteroatoms. The van der Waals surface area contributed by atoms with Crippen LogP contribution in [-0.4, -0.2) is 75.6 Å². The molecule has 0 aromatic heterocycles. The molecule has 0 aromatic carbocycles. The van der Waals surface area contributed by atoms with E-state index in [2.05, 4.69) is 5.32 Å². The number of carboxylic acids is 1. The molecule has 3 aliphatic heterocycles. The van der Waals surface area contributed by atoms with Crippen molar-refractivity contribution in [2.75, 3.05) is 13.2 Å². The number of hydrogen-bond acceptors (Lipinski definition) is 7. The van der Waals surface area contributed by atoms with E-state index in [0.29, 0.717) is 24.5 Å². The van der Waals surface area contributed by atoms with Crippen LogP contribution in [0.2, 0.25) is 0 Å². The lowest BCUT2D eigenvalue weighted by atomic mass is 9.79. The first kappa shape index (κ1) is 21.1. The Morgan fingerprint density at radius 1 is 1.43 bits per heavy atom. The number of thioether (sulfide) groups is 1. The smallest absolute Gasteiger partial charge is 0.353 e. The van der Waals surface area contributed by atoms with Crippen molar-refractivity contribution in [3.05, 3.63) is 10.6 Å². The SMILES string of the molecule is C[C@@H](N)C(=O)NC[C@@H]1C[C@H](SC2=C(C(=O)O)N3C(=O)[C@H]([C@@H](C)O)C3[C@H]2C)CO1. The van der Waals surface area contributed by atoms with E-state index in [1.54, 1.807) is 13.8 Å². The van der Waals surface area contributed by atoms with Crippen molar-refractivity contribution >= 4 is 29.5 Å². The molecule has 3 heterocycles. The summed E-state index contributed by atoms with van der Waals surface area (Å²) < 4.78 is 5.72. The number of β-lactam (4-membered cyclic amide) rings is 1. The van der Waals surface area contributed by atoms with Crippen LogP contribution in [0.15, 0.2) is 10.6 Å². The Labute approximate surface area is 167 Å². The fraction of sp³-hybridized carbons (Fsp3) is 0.722. The van der Waals surface area contributed by atoms with Crippen LogP contribution in [-0.2, 0) is 19.1 Å². The van der Waals surface area contributed by atoms with Gasteiger partial charge in [0.05, 0.1) is 36.8 Å². The summed E-state index contributed by atoms with van der Waals surface area (Å²) in [6.45, 7) is 5.86. The Bertz CT molecular complexity index is 709. The number of aliphatic hydroxyl groups is 1. The van der Waals surface area contributed by atoms with Crippen LogP contribution >= 0.6 is 11.8 Å². The summed E-state index contributed by atoms with van der Waals surface area (Å²) in [6.07, 6.45) is -0.316. The third-order valence-electron chi connectivity index (χ3n) is 5.57. The van der Waals surface area contributed by atoms with Crippen LogP contribution in [0.3, 0.4) is 0 Å². The number of carboxylic acid groups (broad SMARTS) is 1. The highest BCUT2D eigenvalue weighted by molar-refractivity contribution is 8.03. The van der Waals surface area contributed by atoms with E-state index in [4.69, 9.17) is 10.5 Å². The Morgan fingerprint density at radius 3 is 2.68 bits per heavy atom. The molecule has 2 amide bonds. The summed E-state index contributed by atoms with van der Waals surface area (Å²) in [5.41, 5.74) is 5.55. The quantitative estimate of drug-likeness (QED) is 0.409. The second-order valence-electron chi connectivity index (χ2n) is 7.74. The molecule has 3 rings (SSSR count). The number of nitrogens with two attached hydrogens (primary N) is 1. The van der Waals surface area contributed by atoms with E-state index >= 15 is 0 Å². The minimum absolute atomic E-state index is 0.0260. The molecule has 0 aliphatic carbocycles. The van der Waals surface area contributed by atoms with Crippen molar-refractivity contribution in [3.8, 4) is 0 Å². The zero-order valence-electron chi connectivity index (χ0n) is 16.1. The molecular weight excluding hydrogens is 386 g/mol. The lowest BCUT2D eigenvalue weighted by Crippen LogP contribution is -2.63. The van der Waals surface area contributed by atoms with E-state index in [0.717, 1.165) is 0 Å². The number of hydrogen-bond donors (Lipinski definition) is 4. The van der Waals surface area contributed by atoms with Gasteiger partial charge in [-0.3, -0.25) is 9.59 Å². The van der Waals surface area contributed by atoms with Crippen molar-refractivity contribution in [1.82, 2.24) is 10.2 Å². The van der Waals surface area contributed by atoms with Gasteiger partial charge in [0.25, 0.3) is 0 Å². The summed E-state index contributed by atoms with van der Waals surface area (Å²) in [5, 5.41) is 22.3. The fourth-order valence-electron chi connectivity index (χ4n) is 4.13. The third kappa shape index (κ3) is 3.66. The predicted molar refractivity (Wildman–Crippen MR) is 102 cm³/mol. The minimum atomic E-state index is -1.13. The van der Waals surface area contributed by atoms with E-state index in [9.17, 15) is 24.6 Å². The average Bonchev–Trinajstić information content (AvgIpc) is 3.14. The first-order chi connectivity index (χ1) is 13.1. The number of aliphatic carboxylic acids is 1. The fourth-order valence-corrected chi connectivity index (χ4v) is 5.60. The van der Waals surface area contributed by atoms with Crippen molar-refractivity contribution in [1.29, 1.82) is 0 Å². The van der Waals surface area contributed by atoms with Crippen LogP contribution in [0.5, 0.6) is 0 Å². The van der Waals surface area contributed by atoms with Crippen molar-refractivity contribution in [2.24, 2.45) is 17.6 Å². The number of aliphatic hydroxyl groups excluding tert-OH is 1. The Hall–Kier alpha value is -1.62. The van der Waals surface area contributed by atoms with E-state index < -0.39 is 24.0 Å². The number of rotatable bonds is 7. The molecule has 28 heavy (non-hydrogen) atoms. The number of nitrogens with zero attached hydrogens (tertiary/aromatic N) is 1. The largest absolute Gasteiger partial charge is 0.477 e. The molecule has 2 fully saturated rings. The second-order valence-corrected chi connectivity index (χ2v) is 9.08. The molecule has 1 unspecified atom stereocenters. The van der Waals surface area contributed by atoms with Gasteiger partial charge in [0, 0.05) is 22.6 Å². The highest BCUT2D eigenvalue weighted by Crippen LogP contribution is 2.52. The maximum absolute atomic E-state index is 12.4. The zero-order chi connectivity index (χ0) is 20.7. The molecule has 5 N–H and O–H groups in total. The molecule has 7 atom stereocenters. The highest BCUT2D eigenvalue weighted by Gasteiger charge is 2.60. The first-order valence-corrected chi connectivity index (χ1v) is 10.3. The number of nitrogens with one attached hydrogen (secondary N) is 1. The van der Waals surface area contributed by atoms with Gasteiger partial charge in [-0.15, -0.1) is 11.8 Å². The molecular formula is C18H27N3O6S. The Balaban J connectivity index is 1.66.